The van der Waals surface area contributed by atoms with Crippen LogP contribution in [0.3, 0.4) is 0 Å². The highest BCUT2D eigenvalue weighted by Gasteiger charge is 2.33. The molecule has 2 N–H and O–H groups in total. The van der Waals surface area contributed by atoms with Crippen molar-refractivity contribution in [2.45, 2.75) is 12.4 Å². The summed E-state index contributed by atoms with van der Waals surface area (Å²) in [5.41, 5.74) is -3.10. The van der Waals surface area contributed by atoms with Crippen molar-refractivity contribution < 1.29 is 31.3 Å². The number of benzene rings is 1. The second-order valence-corrected chi connectivity index (χ2v) is 6.46. The predicted octanol–water partition coefficient (Wildman–Crippen LogP) is 5.96. The average Bonchev–Trinajstić information content (AvgIpc) is 2.68. The minimum atomic E-state index is -4.71. The molecule has 32 heavy (non-hydrogen) atoms. The van der Waals surface area contributed by atoms with Crippen LogP contribution in [-0.4, -0.2) is 19.9 Å². The second kappa shape index (κ2) is 8.45. The van der Waals surface area contributed by atoms with Crippen LogP contribution < -0.4 is 10.6 Å². The monoisotopic (exact) mass is 478 g/mol. The largest absolute Gasteiger partial charge is 0.417 e. The van der Waals surface area contributed by atoms with Crippen molar-refractivity contribution in [3.05, 3.63) is 69.1 Å². The first-order valence-corrected chi connectivity index (χ1v) is 8.67. The third-order valence-electron chi connectivity index (χ3n) is 3.86. The van der Waals surface area contributed by atoms with Crippen LogP contribution in [0.1, 0.15) is 11.1 Å². The Morgan fingerprint density at radius 1 is 0.875 bits per heavy atom. The molecule has 0 aliphatic carbocycles. The molecule has 2 aromatic heterocycles. The van der Waals surface area contributed by atoms with Crippen molar-refractivity contribution in [1.82, 2.24) is 15.0 Å². The van der Waals surface area contributed by atoms with E-state index in [-0.39, 0.29) is 11.5 Å². The molecule has 3 rings (SSSR count). The lowest BCUT2D eigenvalue weighted by atomic mass is 10.2. The first-order valence-electron chi connectivity index (χ1n) is 8.29. The molecule has 3 aromatic rings. The molecule has 0 atom stereocenters. The lowest BCUT2D eigenvalue weighted by Gasteiger charge is -2.13. The first-order chi connectivity index (χ1) is 14.9. The van der Waals surface area contributed by atoms with Gasteiger partial charge >= 0.3 is 18.0 Å². The fourth-order valence-electron chi connectivity index (χ4n) is 2.44. The van der Waals surface area contributed by atoms with Gasteiger partial charge in [0.15, 0.2) is 5.82 Å². The zero-order valence-electron chi connectivity index (χ0n) is 15.3. The van der Waals surface area contributed by atoms with E-state index in [0.29, 0.717) is 18.3 Å². The van der Waals surface area contributed by atoms with Crippen LogP contribution in [0.25, 0.3) is 0 Å². The van der Waals surface area contributed by atoms with E-state index in [0.717, 1.165) is 18.5 Å². The molecule has 0 aliphatic rings. The Hall–Kier alpha value is -3.68. The van der Waals surface area contributed by atoms with E-state index < -0.39 is 50.7 Å². The zero-order chi connectivity index (χ0) is 23.7. The summed E-state index contributed by atoms with van der Waals surface area (Å²) >= 11 is 5.79. The lowest BCUT2D eigenvalue weighted by Crippen LogP contribution is -2.09. The molecule has 15 heteroatoms. The summed E-state index contributed by atoms with van der Waals surface area (Å²) in [6.07, 6.45) is -8.04. The van der Waals surface area contributed by atoms with Crippen LogP contribution >= 0.6 is 11.6 Å². The maximum absolute atomic E-state index is 12.9. The summed E-state index contributed by atoms with van der Waals surface area (Å²) < 4.78 is 76.9. The Balaban J connectivity index is 1.97. The summed E-state index contributed by atoms with van der Waals surface area (Å²) in [7, 11) is 0. The van der Waals surface area contributed by atoms with E-state index in [1.54, 1.807) is 0 Å². The number of aromatic nitrogens is 3. The molecule has 0 amide bonds. The van der Waals surface area contributed by atoms with Gasteiger partial charge < -0.3 is 10.6 Å². The van der Waals surface area contributed by atoms with Gasteiger partial charge in [-0.2, -0.15) is 26.3 Å². The molecule has 0 radical (unpaired) electrons. The van der Waals surface area contributed by atoms with Crippen LogP contribution in [0.4, 0.5) is 55.2 Å². The fraction of sp³-hybridized carbons (Fsp3) is 0.118. The number of nitro groups is 1. The van der Waals surface area contributed by atoms with E-state index in [9.17, 15) is 36.5 Å². The molecule has 0 spiro atoms. The lowest BCUT2D eigenvalue weighted by molar-refractivity contribution is -0.383. The SMILES string of the molecule is O=[N+]([O-])c1c(Nc2cccc(C(F)(F)F)c2)ncnc1Nc1ncc(C(F)(F)F)cc1Cl. The summed E-state index contributed by atoms with van der Waals surface area (Å²) in [4.78, 5) is 21.5. The number of alkyl halides is 6. The quantitative estimate of drug-likeness (QED) is 0.265. The molecule has 0 saturated carbocycles. The molecule has 0 fully saturated rings. The third kappa shape index (κ3) is 5.14. The summed E-state index contributed by atoms with van der Waals surface area (Å²) in [6.45, 7) is 0. The van der Waals surface area contributed by atoms with Gasteiger partial charge in [0, 0.05) is 11.9 Å². The Morgan fingerprint density at radius 3 is 2.06 bits per heavy atom. The van der Waals surface area contributed by atoms with Gasteiger partial charge in [0.2, 0.25) is 11.6 Å². The zero-order valence-corrected chi connectivity index (χ0v) is 16.0. The highest BCUT2D eigenvalue weighted by atomic mass is 35.5. The van der Waals surface area contributed by atoms with Crippen LogP contribution in [0.5, 0.6) is 0 Å². The van der Waals surface area contributed by atoms with Gasteiger partial charge in [0.1, 0.15) is 6.33 Å². The molecular formula is C17H9ClF6N6O2. The molecule has 0 unspecified atom stereocenters. The van der Waals surface area contributed by atoms with Crippen LogP contribution in [-0.2, 0) is 12.4 Å². The number of pyridine rings is 1. The maximum Gasteiger partial charge on any atom is 0.417 e. The molecule has 0 bridgehead atoms. The average molecular weight is 479 g/mol. The highest BCUT2D eigenvalue weighted by molar-refractivity contribution is 6.33. The number of anilines is 4. The van der Waals surface area contributed by atoms with Gasteiger partial charge in [0.05, 0.1) is 21.1 Å². The number of halogens is 7. The minimum absolute atomic E-state index is 0.154. The topological polar surface area (TPSA) is 106 Å². The van der Waals surface area contributed by atoms with Gasteiger partial charge in [-0.1, -0.05) is 17.7 Å². The molecule has 0 aliphatic heterocycles. The number of nitrogens with zero attached hydrogens (tertiary/aromatic N) is 4. The molecule has 0 saturated heterocycles. The van der Waals surface area contributed by atoms with Crippen molar-refractivity contribution in [2.24, 2.45) is 0 Å². The van der Waals surface area contributed by atoms with E-state index in [4.69, 9.17) is 11.6 Å². The summed E-state index contributed by atoms with van der Waals surface area (Å²) in [6, 6.07) is 4.40. The van der Waals surface area contributed by atoms with E-state index in [2.05, 4.69) is 25.6 Å². The first kappa shape index (κ1) is 23.0. The van der Waals surface area contributed by atoms with E-state index in [1.165, 1.54) is 6.07 Å². The molecular weight excluding hydrogens is 470 g/mol. The number of hydrogen-bond acceptors (Lipinski definition) is 7. The predicted molar refractivity (Wildman–Crippen MR) is 101 cm³/mol. The Morgan fingerprint density at radius 2 is 1.50 bits per heavy atom. The summed E-state index contributed by atoms with van der Waals surface area (Å²) in [5, 5.41) is 15.8. The number of rotatable bonds is 5. The van der Waals surface area contributed by atoms with Gasteiger partial charge in [-0.3, -0.25) is 10.1 Å². The Bertz CT molecular complexity index is 1170. The maximum atomic E-state index is 12.9. The minimum Gasteiger partial charge on any atom is -0.334 e. The Kier molecular flexibility index (Phi) is 6.07. The molecule has 1 aromatic carbocycles. The standard InChI is InChI=1S/C17H9ClF6N6O2/c18-11-5-9(17(22,23)24)6-25-13(11)29-15-12(30(31)32)14(26-7-27-15)28-10-3-1-2-8(4-10)16(19,20)21/h1-7H,(H2,25,26,27,28,29). The third-order valence-corrected chi connectivity index (χ3v) is 4.15. The van der Waals surface area contributed by atoms with Gasteiger partial charge in [-0.25, -0.2) is 15.0 Å². The normalized spacial score (nSPS) is 11.8. The molecule has 168 valence electrons. The number of nitrogens with one attached hydrogen (secondary N) is 2. The van der Waals surface area contributed by atoms with Crippen molar-refractivity contribution in [3.63, 3.8) is 0 Å². The number of hydrogen-bond donors (Lipinski definition) is 2. The van der Waals surface area contributed by atoms with Crippen LogP contribution in [0, 0.1) is 10.1 Å². The summed E-state index contributed by atoms with van der Waals surface area (Å²) in [5.74, 6) is -1.35. The van der Waals surface area contributed by atoms with Gasteiger partial charge in [0.25, 0.3) is 0 Å². The van der Waals surface area contributed by atoms with Crippen molar-refractivity contribution >= 4 is 40.4 Å². The van der Waals surface area contributed by atoms with Crippen LogP contribution in [0.2, 0.25) is 5.02 Å². The fourth-order valence-corrected chi connectivity index (χ4v) is 2.66. The highest BCUT2D eigenvalue weighted by Crippen LogP contribution is 2.37. The van der Waals surface area contributed by atoms with Crippen LogP contribution in [0.15, 0.2) is 42.9 Å². The molecule has 8 nitrogen and oxygen atoms in total. The van der Waals surface area contributed by atoms with Crippen molar-refractivity contribution in [3.8, 4) is 0 Å². The second-order valence-electron chi connectivity index (χ2n) is 6.06. The van der Waals surface area contributed by atoms with Crippen molar-refractivity contribution in [2.75, 3.05) is 10.6 Å². The molecule has 2 heterocycles. The Labute approximate surface area is 179 Å². The van der Waals surface area contributed by atoms with Gasteiger partial charge in [-0.15, -0.1) is 0 Å². The smallest absolute Gasteiger partial charge is 0.334 e. The van der Waals surface area contributed by atoms with Crippen molar-refractivity contribution in [1.29, 1.82) is 0 Å². The van der Waals surface area contributed by atoms with E-state index in [1.807, 2.05) is 0 Å². The van der Waals surface area contributed by atoms with Gasteiger partial charge in [-0.05, 0) is 24.3 Å². The van der Waals surface area contributed by atoms with E-state index >= 15 is 0 Å².